The molecule has 2 aliphatic rings. The summed E-state index contributed by atoms with van der Waals surface area (Å²) in [6.45, 7) is 1.91. The molecule has 2 atom stereocenters. The SMILES string of the molecule is Cc1nc2ccccc2c(=O)n1N1C2Cc3ccccc3C21. The van der Waals surface area contributed by atoms with Gasteiger partial charge in [-0.3, -0.25) is 9.80 Å². The van der Waals surface area contributed by atoms with Gasteiger partial charge in [-0.2, -0.15) is 0 Å². The number of benzene rings is 2. The molecule has 4 nitrogen and oxygen atoms in total. The summed E-state index contributed by atoms with van der Waals surface area (Å²) in [5, 5.41) is 2.87. The zero-order valence-corrected chi connectivity index (χ0v) is 12.2. The third-order valence-electron chi connectivity index (χ3n) is 4.85. The van der Waals surface area contributed by atoms with Gasteiger partial charge in [0, 0.05) is 0 Å². The van der Waals surface area contributed by atoms with Crippen molar-refractivity contribution in [3.8, 4) is 0 Å². The van der Waals surface area contributed by atoms with E-state index in [0.29, 0.717) is 17.5 Å². The van der Waals surface area contributed by atoms with Gasteiger partial charge in [-0.1, -0.05) is 36.4 Å². The first-order valence-electron chi connectivity index (χ1n) is 7.60. The molecule has 0 N–H and O–H groups in total. The van der Waals surface area contributed by atoms with Crippen LogP contribution in [0.3, 0.4) is 0 Å². The Balaban J connectivity index is 1.67. The van der Waals surface area contributed by atoms with Gasteiger partial charge in [0.05, 0.1) is 23.0 Å². The lowest BCUT2D eigenvalue weighted by atomic mass is 10.1. The summed E-state index contributed by atoms with van der Waals surface area (Å²) >= 11 is 0. The second-order valence-corrected chi connectivity index (χ2v) is 6.09. The molecule has 4 heteroatoms. The number of aryl methyl sites for hydroxylation is 1. The number of nitrogens with zero attached hydrogens (tertiary/aromatic N) is 3. The molecule has 0 bridgehead atoms. The number of rotatable bonds is 1. The van der Waals surface area contributed by atoms with E-state index in [2.05, 4.69) is 34.3 Å². The van der Waals surface area contributed by atoms with Gasteiger partial charge in [0.15, 0.2) is 0 Å². The molecule has 108 valence electrons. The van der Waals surface area contributed by atoms with Crippen molar-refractivity contribution in [2.75, 3.05) is 5.01 Å². The van der Waals surface area contributed by atoms with Crippen molar-refractivity contribution in [1.82, 2.24) is 9.66 Å². The minimum Gasteiger partial charge on any atom is -0.293 e. The van der Waals surface area contributed by atoms with Crippen LogP contribution in [0.15, 0.2) is 53.3 Å². The smallest absolute Gasteiger partial charge is 0.280 e. The molecule has 0 saturated carbocycles. The number of aromatic nitrogens is 2. The Hall–Kier alpha value is -2.62. The molecule has 0 radical (unpaired) electrons. The fourth-order valence-electron chi connectivity index (χ4n) is 3.84. The standard InChI is InChI=1S/C18H15N3O/c1-11-19-15-9-5-4-8-14(15)18(22)20(11)21-16-10-12-6-2-3-7-13(12)17(16)21/h2-9,16-17H,10H2,1H3. The molecule has 1 saturated heterocycles. The second-order valence-electron chi connectivity index (χ2n) is 6.09. The summed E-state index contributed by atoms with van der Waals surface area (Å²) in [7, 11) is 0. The maximum Gasteiger partial charge on any atom is 0.280 e. The van der Waals surface area contributed by atoms with Crippen LogP contribution < -0.4 is 10.6 Å². The predicted molar refractivity (Wildman–Crippen MR) is 85.6 cm³/mol. The molecule has 1 aliphatic carbocycles. The van der Waals surface area contributed by atoms with Crippen molar-refractivity contribution < 1.29 is 0 Å². The zero-order chi connectivity index (χ0) is 14.8. The van der Waals surface area contributed by atoms with E-state index in [1.54, 1.807) is 4.68 Å². The van der Waals surface area contributed by atoms with Gasteiger partial charge in [0.2, 0.25) is 0 Å². The number of para-hydroxylation sites is 1. The van der Waals surface area contributed by atoms with E-state index in [4.69, 9.17) is 0 Å². The Bertz CT molecular complexity index is 975. The first-order chi connectivity index (χ1) is 10.8. The van der Waals surface area contributed by atoms with Crippen molar-refractivity contribution >= 4 is 10.9 Å². The van der Waals surface area contributed by atoms with E-state index < -0.39 is 0 Å². The number of hydrogen-bond acceptors (Lipinski definition) is 3. The lowest BCUT2D eigenvalue weighted by molar-refractivity contribution is 0.685. The summed E-state index contributed by atoms with van der Waals surface area (Å²) < 4.78 is 1.77. The Labute approximate surface area is 127 Å². The molecule has 5 rings (SSSR count). The van der Waals surface area contributed by atoms with E-state index in [-0.39, 0.29) is 5.56 Å². The Morgan fingerprint density at radius 2 is 1.86 bits per heavy atom. The molecule has 1 fully saturated rings. The predicted octanol–water partition coefficient (Wildman–Crippen LogP) is 2.32. The molecule has 0 amide bonds. The molecule has 3 aromatic rings. The largest absolute Gasteiger partial charge is 0.293 e. The monoisotopic (exact) mass is 289 g/mol. The summed E-state index contributed by atoms with van der Waals surface area (Å²) in [4.78, 5) is 17.5. The molecule has 2 heterocycles. The normalized spacial score (nSPS) is 21.8. The maximum absolute atomic E-state index is 12.9. The van der Waals surface area contributed by atoms with Gasteiger partial charge in [-0.15, -0.1) is 0 Å². The van der Waals surface area contributed by atoms with E-state index in [9.17, 15) is 4.79 Å². The van der Waals surface area contributed by atoms with Crippen LogP contribution in [0.4, 0.5) is 0 Å². The number of fused-ring (bicyclic) bond motifs is 4. The molecule has 0 spiro atoms. The first kappa shape index (κ1) is 12.0. The average molecular weight is 289 g/mol. The van der Waals surface area contributed by atoms with Crippen LogP contribution >= 0.6 is 0 Å². The van der Waals surface area contributed by atoms with Gasteiger partial charge in [-0.25, -0.2) is 9.66 Å². The van der Waals surface area contributed by atoms with E-state index in [0.717, 1.165) is 17.8 Å². The van der Waals surface area contributed by atoms with Gasteiger partial charge in [-0.05, 0) is 36.6 Å². The highest BCUT2D eigenvalue weighted by atomic mass is 16.1. The van der Waals surface area contributed by atoms with Crippen molar-refractivity contribution in [3.63, 3.8) is 0 Å². The van der Waals surface area contributed by atoms with Crippen molar-refractivity contribution in [2.24, 2.45) is 0 Å². The Morgan fingerprint density at radius 1 is 1.09 bits per heavy atom. The summed E-state index contributed by atoms with van der Waals surface area (Å²) in [6.07, 6.45) is 1.01. The molecular formula is C18H15N3O. The van der Waals surface area contributed by atoms with Gasteiger partial charge < -0.3 is 0 Å². The van der Waals surface area contributed by atoms with Crippen LogP contribution in [0.2, 0.25) is 0 Å². The van der Waals surface area contributed by atoms with Crippen LogP contribution in [0.25, 0.3) is 10.9 Å². The highest BCUT2D eigenvalue weighted by Crippen LogP contribution is 2.49. The summed E-state index contributed by atoms with van der Waals surface area (Å²) in [5.41, 5.74) is 3.57. The lowest BCUT2D eigenvalue weighted by Gasteiger charge is -2.17. The van der Waals surface area contributed by atoms with Gasteiger partial charge in [0.25, 0.3) is 5.56 Å². The lowest BCUT2D eigenvalue weighted by Crippen LogP contribution is -2.34. The van der Waals surface area contributed by atoms with Gasteiger partial charge in [0.1, 0.15) is 5.82 Å². The van der Waals surface area contributed by atoms with E-state index in [1.165, 1.54) is 11.1 Å². The maximum atomic E-state index is 12.9. The number of hydrogen-bond donors (Lipinski definition) is 0. The van der Waals surface area contributed by atoms with Crippen molar-refractivity contribution in [2.45, 2.75) is 25.4 Å². The van der Waals surface area contributed by atoms with Crippen LogP contribution in [-0.4, -0.2) is 15.7 Å². The van der Waals surface area contributed by atoms with E-state index in [1.807, 2.05) is 31.2 Å². The summed E-state index contributed by atoms with van der Waals surface area (Å²) in [6, 6.07) is 16.8. The minimum absolute atomic E-state index is 0.0370. The molecule has 22 heavy (non-hydrogen) atoms. The average Bonchev–Trinajstić information content (AvgIpc) is 3.07. The third-order valence-corrected chi connectivity index (χ3v) is 4.85. The van der Waals surface area contributed by atoms with Crippen LogP contribution in [-0.2, 0) is 6.42 Å². The molecular weight excluding hydrogens is 274 g/mol. The second kappa shape index (κ2) is 3.97. The van der Waals surface area contributed by atoms with Crippen LogP contribution in [0, 0.1) is 6.92 Å². The molecule has 2 aromatic carbocycles. The van der Waals surface area contributed by atoms with E-state index >= 15 is 0 Å². The first-order valence-corrected chi connectivity index (χ1v) is 7.60. The van der Waals surface area contributed by atoms with Gasteiger partial charge >= 0.3 is 0 Å². The quantitative estimate of drug-likeness (QED) is 0.645. The van der Waals surface area contributed by atoms with Crippen LogP contribution in [0.1, 0.15) is 23.0 Å². The summed E-state index contributed by atoms with van der Waals surface area (Å²) in [5.74, 6) is 0.760. The molecule has 1 aliphatic heterocycles. The zero-order valence-electron chi connectivity index (χ0n) is 12.2. The highest BCUT2D eigenvalue weighted by Gasteiger charge is 2.55. The van der Waals surface area contributed by atoms with Crippen molar-refractivity contribution in [1.29, 1.82) is 0 Å². The topological polar surface area (TPSA) is 37.9 Å². The van der Waals surface area contributed by atoms with Crippen molar-refractivity contribution in [3.05, 3.63) is 75.8 Å². The minimum atomic E-state index is 0.0370. The Morgan fingerprint density at radius 3 is 2.77 bits per heavy atom. The van der Waals surface area contributed by atoms with Crippen LogP contribution in [0.5, 0.6) is 0 Å². The molecule has 2 unspecified atom stereocenters. The fourth-order valence-corrected chi connectivity index (χ4v) is 3.84. The highest BCUT2D eigenvalue weighted by molar-refractivity contribution is 5.77. The molecule has 1 aromatic heterocycles. The fraction of sp³-hybridized carbons (Fsp3) is 0.222. The third kappa shape index (κ3) is 1.42. The Kier molecular flexibility index (Phi) is 2.16.